The fourth-order valence-corrected chi connectivity index (χ4v) is 10.4. The molecule has 0 bridgehead atoms. The van der Waals surface area contributed by atoms with Gasteiger partial charge in [-0.1, -0.05) is 85.0 Å². The van der Waals surface area contributed by atoms with Crippen molar-refractivity contribution in [1.29, 1.82) is 0 Å². The topological polar surface area (TPSA) is 594 Å². The van der Waals surface area contributed by atoms with E-state index in [1.165, 1.54) is 64.1 Å². The number of alkyl halides is 3. The first-order valence-corrected chi connectivity index (χ1v) is 36.7. The van der Waals surface area contributed by atoms with Crippen LogP contribution in [0.1, 0.15) is 208 Å². The third-order valence-corrected chi connectivity index (χ3v) is 16.6. The van der Waals surface area contributed by atoms with Gasteiger partial charge in [0.15, 0.2) is 5.96 Å². The standard InChI is InChI=1S/C63H118N18O14S.C2HF3O2/c1-7-8-9-10-11-12-13-14-15-16-17-29-51(84)74-42(25-18-21-33-64)55(87)77-45(28-24-36-71-63(69)70)56(88)78-46(32-37-96-6)58(90)76-44(27-20-23-35-66)59(91)81-52(39(2)3)61(93)73-41(5)53(85)75-43(26-19-22-34-65)57(89)80-48(38-50(68)83)60(92)72-40(4)54(86)79-47(62(94)95)30-31-49(67)82;3-2(4,5)1(6)7/h39-48,52H,7-38,64-66H2,1-6H3,(H2,67,82)(H2,68,83)(H,72,92)(H,73,93)(H,74,84)(H,75,85)(H,76,90)(H,77,87)(H,78,88)(H,79,86)(H,80,89)(H,81,91)(H,94,95)(H4,69,70,71);(H,6,7)/t40-,41-,42-,43-,44-,45-,46-,47-,48-,52-;/m0./s1. The number of amides is 12. The largest absolute Gasteiger partial charge is 0.490 e. The fourth-order valence-electron chi connectivity index (χ4n) is 9.95. The molecule has 34 nitrogen and oxygen atoms in total. The third-order valence-electron chi connectivity index (χ3n) is 15.9. The number of carboxylic acids is 2. The van der Waals surface area contributed by atoms with E-state index in [1.54, 1.807) is 20.1 Å². The SMILES string of the molecule is CCCCCCCCCCCCCC(=O)N[C@@H](CCCCN)C(=O)N[C@@H](CCCN=C(N)N)C(=O)N[C@@H](CCSC)C(=O)N[C@@H](CCCCN)C(=O)N[C@H](C(=O)N[C@@H](C)C(=O)N[C@@H](CCCCN)C(=O)N[C@@H](CC(N)=O)C(=O)N[C@@H](C)C(=O)N[C@@H](CCC(N)=O)C(=O)O)C(C)C.O=C(O)C(F)(F)F. The molecule has 0 unspecified atom stereocenters. The normalized spacial score (nSPS) is 14.0. The van der Waals surface area contributed by atoms with Gasteiger partial charge in [0.2, 0.25) is 70.9 Å². The molecule has 0 aliphatic carbocycles. The van der Waals surface area contributed by atoms with Gasteiger partial charge in [-0.25, -0.2) is 9.59 Å². The van der Waals surface area contributed by atoms with Crippen molar-refractivity contribution in [2.24, 2.45) is 51.0 Å². The zero-order chi connectivity index (χ0) is 78.6. The van der Waals surface area contributed by atoms with E-state index < -0.39 is 156 Å². The molecule has 0 saturated heterocycles. The predicted molar refractivity (Wildman–Crippen MR) is 382 cm³/mol. The maximum absolute atomic E-state index is 14.4. The smallest absolute Gasteiger partial charge is 0.480 e. The maximum Gasteiger partial charge on any atom is 0.490 e. The molecular formula is C65H119F3N18O16S. The lowest BCUT2D eigenvalue weighted by molar-refractivity contribution is -0.192. The van der Waals surface area contributed by atoms with Gasteiger partial charge in [-0.3, -0.25) is 62.5 Å². The lowest BCUT2D eigenvalue weighted by atomic mass is 10.0. The van der Waals surface area contributed by atoms with Crippen LogP contribution in [0.5, 0.6) is 0 Å². The molecule has 12 amide bonds. The van der Waals surface area contributed by atoms with Crippen LogP contribution in [-0.4, -0.2) is 204 Å². The van der Waals surface area contributed by atoms with E-state index in [0.717, 1.165) is 25.7 Å². The Hall–Kier alpha value is -8.13. The number of unbranched alkanes of at least 4 members (excludes halogenated alkanes) is 13. The summed E-state index contributed by atoms with van der Waals surface area (Å²) < 4.78 is 31.7. The van der Waals surface area contributed by atoms with Gasteiger partial charge < -0.3 is 104 Å². The molecule has 38 heteroatoms. The van der Waals surface area contributed by atoms with Crippen LogP contribution < -0.4 is 93.3 Å². The summed E-state index contributed by atoms with van der Waals surface area (Å²) in [5, 5.41) is 42.4. The number of guanidine groups is 1. The van der Waals surface area contributed by atoms with E-state index in [0.29, 0.717) is 50.8 Å². The van der Waals surface area contributed by atoms with E-state index in [-0.39, 0.29) is 95.7 Å². The summed E-state index contributed by atoms with van der Waals surface area (Å²) in [4.78, 5) is 187. The van der Waals surface area contributed by atoms with Crippen molar-refractivity contribution in [2.45, 2.75) is 275 Å². The summed E-state index contributed by atoms with van der Waals surface area (Å²) in [5.41, 5.74) is 39.0. The number of hydrogen-bond acceptors (Lipinski definition) is 19. The zero-order valence-corrected chi connectivity index (χ0v) is 61.4. The van der Waals surface area contributed by atoms with E-state index >= 15 is 0 Å². The van der Waals surface area contributed by atoms with Crippen molar-refractivity contribution >= 4 is 101 Å². The molecule has 0 aromatic rings. The van der Waals surface area contributed by atoms with Crippen molar-refractivity contribution in [3.63, 3.8) is 0 Å². The number of nitrogens with zero attached hydrogens (tertiary/aromatic N) is 1. The minimum Gasteiger partial charge on any atom is -0.480 e. The highest BCUT2D eigenvalue weighted by Gasteiger charge is 2.39. The summed E-state index contributed by atoms with van der Waals surface area (Å²) in [5.74, 6) is -14.5. The average molecular weight is 1500 g/mol. The molecule has 10 atom stereocenters. The van der Waals surface area contributed by atoms with E-state index in [9.17, 15) is 80.6 Å². The summed E-state index contributed by atoms with van der Waals surface area (Å²) in [6, 6.07) is -13.6. The Labute approximate surface area is 605 Å². The number of nitrogens with one attached hydrogen (secondary N) is 10. The minimum atomic E-state index is -5.08. The number of primary amides is 2. The Morgan fingerprint density at radius 2 is 0.767 bits per heavy atom. The van der Waals surface area contributed by atoms with Crippen molar-refractivity contribution in [1.82, 2.24) is 53.2 Å². The second kappa shape index (κ2) is 56.3. The van der Waals surface area contributed by atoms with E-state index in [1.807, 2.05) is 0 Å². The Morgan fingerprint density at radius 1 is 0.408 bits per heavy atom. The lowest BCUT2D eigenvalue weighted by Gasteiger charge is -2.29. The van der Waals surface area contributed by atoms with Crippen LogP contribution in [0.2, 0.25) is 0 Å². The minimum absolute atomic E-state index is 0.0226. The number of aliphatic carboxylic acids is 2. The Bertz CT molecular complexity index is 2670. The van der Waals surface area contributed by atoms with Gasteiger partial charge in [0.1, 0.15) is 60.4 Å². The molecule has 0 saturated carbocycles. The van der Waals surface area contributed by atoms with Crippen molar-refractivity contribution in [2.75, 3.05) is 38.2 Å². The summed E-state index contributed by atoms with van der Waals surface area (Å²) >= 11 is 1.39. The third kappa shape index (κ3) is 47.0. The molecule has 0 fully saturated rings. The van der Waals surface area contributed by atoms with Gasteiger partial charge in [-0.2, -0.15) is 24.9 Å². The van der Waals surface area contributed by atoms with Gasteiger partial charge in [0.25, 0.3) is 0 Å². The van der Waals surface area contributed by atoms with Crippen LogP contribution in [0.4, 0.5) is 13.2 Å². The number of rotatable bonds is 57. The highest BCUT2D eigenvalue weighted by Crippen LogP contribution is 2.16. The molecule has 0 spiro atoms. The van der Waals surface area contributed by atoms with Gasteiger partial charge in [-0.15, -0.1) is 0 Å². The van der Waals surface area contributed by atoms with Crippen LogP contribution in [-0.2, 0) is 67.1 Å². The number of halogens is 3. The number of carbonyl (C=O) groups excluding carboxylic acids is 12. The van der Waals surface area contributed by atoms with Crippen LogP contribution in [0.15, 0.2) is 4.99 Å². The molecule has 592 valence electrons. The molecule has 0 rings (SSSR count). The zero-order valence-electron chi connectivity index (χ0n) is 60.6. The second-order valence-corrected chi connectivity index (χ2v) is 26.3. The highest BCUT2D eigenvalue weighted by molar-refractivity contribution is 7.98. The second-order valence-electron chi connectivity index (χ2n) is 25.4. The first-order valence-electron chi connectivity index (χ1n) is 35.3. The first kappa shape index (κ1) is 96.9. The van der Waals surface area contributed by atoms with E-state index in [2.05, 4.69) is 65.1 Å². The van der Waals surface area contributed by atoms with Crippen LogP contribution in [0.3, 0.4) is 0 Å². The quantitative estimate of drug-likeness (QED) is 0.0203. The van der Waals surface area contributed by atoms with Crippen molar-refractivity contribution in [3.05, 3.63) is 0 Å². The number of nitrogens with two attached hydrogens (primary N) is 7. The average Bonchev–Trinajstić information content (AvgIpc) is 0.868. The molecule has 0 radical (unpaired) electrons. The monoisotopic (exact) mass is 1500 g/mol. The Balaban J connectivity index is 0. The fraction of sp³-hybridized carbons (Fsp3) is 0.769. The molecule has 26 N–H and O–H groups in total. The Morgan fingerprint density at radius 3 is 1.15 bits per heavy atom. The highest BCUT2D eigenvalue weighted by atomic mass is 32.2. The van der Waals surface area contributed by atoms with E-state index in [4.69, 9.17) is 50.0 Å². The molecule has 0 aromatic heterocycles. The summed E-state index contributed by atoms with van der Waals surface area (Å²) in [7, 11) is 0. The first-order chi connectivity index (χ1) is 48.5. The number of thioether (sulfide) groups is 1. The maximum atomic E-state index is 14.4. The van der Waals surface area contributed by atoms with Gasteiger partial charge in [0.05, 0.1) is 6.42 Å². The Kier molecular flexibility index (Phi) is 53.0. The van der Waals surface area contributed by atoms with Gasteiger partial charge in [-0.05, 0) is 141 Å². The molecule has 0 aliphatic rings. The lowest BCUT2D eigenvalue weighted by Crippen LogP contribution is -2.61. The van der Waals surface area contributed by atoms with Gasteiger partial charge in [0, 0.05) is 19.4 Å². The molecule has 0 heterocycles. The predicted octanol–water partition coefficient (Wildman–Crippen LogP) is -0.716. The number of carbonyl (C=O) groups is 14. The van der Waals surface area contributed by atoms with Crippen molar-refractivity contribution in [3.8, 4) is 0 Å². The molecule has 0 aliphatic heterocycles. The summed E-state index contributed by atoms with van der Waals surface area (Å²) in [6.07, 6.45) is 10.8. The molecule has 0 aromatic carbocycles. The number of aliphatic imine (C=N–C) groups is 1. The van der Waals surface area contributed by atoms with Gasteiger partial charge >= 0.3 is 18.1 Å². The van der Waals surface area contributed by atoms with Crippen LogP contribution >= 0.6 is 11.8 Å². The van der Waals surface area contributed by atoms with Crippen LogP contribution in [0, 0.1) is 5.92 Å². The molecule has 103 heavy (non-hydrogen) atoms. The van der Waals surface area contributed by atoms with Crippen LogP contribution in [0.25, 0.3) is 0 Å². The number of hydrogen-bond donors (Lipinski definition) is 19. The molecular weight excluding hydrogens is 1380 g/mol. The summed E-state index contributed by atoms with van der Waals surface area (Å²) in [6.45, 7) is 8.85. The van der Waals surface area contributed by atoms with Crippen molar-refractivity contribution < 1.29 is 90.5 Å². The number of carboxylic acid groups (broad SMARTS) is 2.